The van der Waals surface area contributed by atoms with E-state index in [0.717, 1.165) is 12.5 Å². The molecule has 22 heavy (non-hydrogen) atoms. The first-order valence-corrected chi connectivity index (χ1v) is 7.10. The van der Waals surface area contributed by atoms with E-state index in [9.17, 15) is 14.4 Å². The summed E-state index contributed by atoms with van der Waals surface area (Å²) >= 11 is 0. The summed E-state index contributed by atoms with van der Waals surface area (Å²) in [4.78, 5) is 37.1. The number of likely N-dealkylation sites (tertiary alicyclic amines) is 1. The van der Waals surface area contributed by atoms with Gasteiger partial charge in [0.05, 0.1) is 0 Å². The van der Waals surface area contributed by atoms with Crippen LogP contribution in [0.15, 0.2) is 36.9 Å². The Hall–Kier alpha value is -2.63. The Morgan fingerprint density at radius 2 is 2.18 bits per heavy atom. The molecule has 1 unspecified atom stereocenters. The molecule has 0 bridgehead atoms. The third-order valence-electron chi connectivity index (χ3n) is 3.54. The highest BCUT2D eigenvalue weighted by atomic mass is 16.2. The van der Waals surface area contributed by atoms with Gasteiger partial charge in [0.2, 0.25) is 11.8 Å². The fourth-order valence-electron chi connectivity index (χ4n) is 2.34. The highest BCUT2D eigenvalue weighted by Gasteiger charge is 2.27. The van der Waals surface area contributed by atoms with Crippen molar-refractivity contribution in [1.82, 2.24) is 10.2 Å². The van der Waals surface area contributed by atoms with Gasteiger partial charge in [-0.2, -0.15) is 0 Å². The summed E-state index contributed by atoms with van der Waals surface area (Å²) in [6.07, 6.45) is 2.66. The van der Waals surface area contributed by atoms with E-state index >= 15 is 0 Å². The number of carbonyl (C=O) groups excluding carboxylic acids is 3. The zero-order valence-corrected chi connectivity index (χ0v) is 12.5. The summed E-state index contributed by atoms with van der Waals surface area (Å²) in [5, 5.41) is 5.34. The molecule has 0 saturated carbocycles. The maximum absolute atomic E-state index is 12.3. The number of amides is 3. The molecule has 1 aliphatic heterocycles. The predicted octanol–water partition coefficient (Wildman–Crippen LogP) is 1.16. The van der Waals surface area contributed by atoms with Crippen LogP contribution in [0.3, 0.4) is 0 Å². The Balaban J connectivity index is 2.06. The van der Waals surface area contributed by atoms with Gasteiger partial charge in [-0.15, -0.1) is 0 Å². The molecule has 2 N–H and O–H groups in total. The monoisotopic (exact) mass is 301 g/mol. The smallest absolute Gasteiger partial charge is 0.252 e. The van der Waals surface area contributed by atoms with Crippen LogP contribution in [0.25, 0.3) is 0 Å². The maximum Gasteiger partial charge on any atom is 0.252 e. The van der Waals surface area contributed by atoms with Crippen molar-refractivity contribution in [3.8, 4) is 0 Å². The molecular weight excluding hydrogens is 282 g/mol. The van der Waals surface area contributed by atoms with E-state index in [1.165, 1.54) is 0 Å². The fourth-order valence-corrected chi connectivity index (χ4v) is 2.34. The van der Waals surface area contributed by atoms with Gasteiger partial charge in [0.1, 0.15) is 6.04 Å². The van der Waals surface area contributed by atoms with Crippen LogP contribution in [-0.4, -0.2) is 42.3 Å². The third kappa shape index (κ3) is 3.72. The average molecular weight is 301 g/mol. The molecule has 3 amide bonds. The van der Waals surface area contributed by atoms with Crippen molar-refractivity contribution in [2.24, 2.45) is 0 Å². The fraction of sp³-hybridized carbons (Fsp3) is 0.312. The standard InChI is InChI=1S/C16H19N3O3/c1-3-14(20)17-12-7-4-6-11(10-12)15(21)18-13-8-5-9-19(2)16(13)22/h3-4,6-7,10,13H,1,5,8-9H2,2H3,(H,17,20)(H,18,21). The van der Waals surface area contributed by atoms with Crippen LogP contribution in [0.4, 0.5) is 5.69 Å². The summed E-state index contributed by atoms with van der Waals surface area (Å²) in [6.45, 7) is 4.09. The number of anilines is 1. The molecule has 1 aromatic carbocycles. The van der Waals surface area contributed by atoms with Gasteiger partial charge in [0.25, 0.3) is 5.91 Å². The molecule has 6 heteroatoms. The van der Waals surface area contributed by atoms with Crippen molar-refractivity contribution < 1.29 is 14.4 Å². The van der Waals surface area contributed by atoms with Gasteiger partial charge in [-0.05, 0) is 37.1 Å². The highest BCUT2D eigenvalue weighted by Crippen LogP contribution is 2.13. The van der Waals surface area contributed by atoms with E-state index in [0.29, 0.717) is 24.2 Å². The molecule has 0 aromatic heterocycles. The lowest BCUT2D eigenvalue weighted by Gasteiger charge is -2.29. The number of nitrogens with zero attached hydrogens (tertiary/aromatic N) is 1. The van der Waals surface area contributed by atoms with Crippen molar-refractivity contribution in [2.75, 3.05) is 18.9 Å². The van der Waals surface area contributed by atoms with Crippen LogP contribution in [0.2, 0.25) is 0 Å². The minimum Gasteiger partial charge on any atom is -0.344 e. The number of benzene rings is 1. The van der Waals surface area contributed by atoms with Gasteiger partial charge in [0.15, 0.2) is 0 Å². The first-order chi connectivity index (χ1) is 10.5. The molecule has 1 fully saturated rings. The van der Waals surface area contributed by atoms with Crippen LogP contribution in [0.1, 0.15) is 23.2 Å². The molecule has 1 atom stereocenters. The largest absolute Gasteiger partial charge is 0.344 e. The topological polar surface area (TPSA) is 78.5 Å². The summed E-state index contributed by atoms with van der Waals surface area (Å²) in [6, 6.07) is 6.06. The van der Waals surface area contributed by atoms with Gasteiger partial charge < -0.3 is 15.5 Å². The van der Waals surface area contributed by atoms with Crippen molar-refractivity contribution in [2.45, 2.75) is 18.9 Å². The number of carbonyl (C=O) groups is 3. The Bertz CT molecular complexity index is 612. The van der Waals surface area contributed by atoms with E-state index in [2.05, 4.69) is 17.2 Å². The Kier molecular flexibility index (Phi) is 4.93. The quantitative estimate of drug-likeness (QED) is 0.819. The number of hydrogen-bond acceptors (Lipinski definition) is 3. The van der Waals surface area contributed by atoms with Gasteiger partial charge in [-0.3, -0.25) is 14.4 Å². The molecule has 1 saturated heterocycles. The third-order valence-corrected chi connectivity index (χ3v) is 3.54. The molecule has 1 aromatic rings. The molecule has 1 heterocycles. The highest BCUT2D eigenvalue weighted by molar-refractivity contribution is 6.01. The van der Waals surface area contributed by atoms with Crippen molar-refractivity contribution in [3.63, 3.8) is 0 Å². The molecule has 6 nitrogen and oxygen atoms in total. The summed E-state index contributed by atoms with van der Waals surface area (Å²) in [5.41, 5.74) is 0.896. The van der Waals surface area contributed by atoms with Crippen molar-refractivity contribution >= 4 is 23.4 Å². The second-order valence-corrected chi connectivity index (χ2v) is 5.20. The van der Waals surface area contributed by atoms with Gasteiger partial charge in [0, 0.05) is 24.8 Å². The zero-order valence-electron chi connectivity index (χ0n) is 12.5. The summed E-state index contributed by atoms with van der Waals surface area (Å²) in [7, 11) is 1.73. The minimum atomic E-state index is -0.488. The average Bonchev–Trinajstić information content (AvgIpc) is 2.52. The van der Waals surface area contributed by atoms with Crippen LogP contribution >= 0.6 is 0 Å². The van der Waals surface area contributed by atoms with E-state index in [-0.39, 0.29) is 17.7 Å². The number of rotatable bonds is 4. The van der Waals surface area contributed by atoms with Crippen LogP contribution in [-0.2, 0) is 9.59 Å². The lowest BCUT2D eigenvalue weighted by molar-refractivity contribution is -0.134. The molecule has 0 spiro atoms. The SMILES string of the molecule is C=CC(=O)Nc1cccc(C(=O)NC2CCCN(C)C2=O)c1. The molecule has 2 rings (SSSR count). The lowest BCUT2D eigenvalue weighted by atomic mass is 10.0. The van der Waals surface area contributed by atoms with E-state index in [1.807, 2.05) is 0 Å². The minimum absolute atomic E-state index is 0.0734. The Morgan fingerprint density at radius 3 is 2.91 bits per heavy atom. The second-order valence-electron chi connectivity index (χ2n) is 5.20. The first kappa shape index (κ1) is 15.8. The lowest BCUT2D eigenvalue weighted by Crippen LogP contribution is -2.50. The number of piperidine rings is 1. The maximum atomic E-state index is 12.3. The zero-order chi connectivity index (χ0) is 16.1. The summed E-state index contributed by atoms with van der Waals surface area (Å²) in [5.74, 6) is -0.749. The van der Waals surface area contributed by atoms with Gasteiger partial charge in [-0.25, -0.2) is 0 Å². The van der Waals surface area contributed by atoms with E-state index in [4.69, 9.17) is 0 Å². The number of hydrogen-bond donors (Lipinski definition) is 2. The number of nitrogens with one attached hydrogen (secondary N) is 2. The van der Waals surface area contributed by atoms with E-state index in [1.54, 1.807) is 36.2 Å². The Labute approximate surface area is 129 Å². The summed E-state index contributed by atoms with van der Waals surface area (Å²) < 4.78 is 0. The Morgan fingerprint density at radius 1 is 1.41 bits per heavy atom. The molecule has 1 aliphatic rings. The second kappa shape index (κ2) is 6.89. The van der Waals surface area contributed by atoms with Crippen LogP contribution in [0, 0.1) is 0 Å². The van der Waals surface area contributed by atoms with E-state index < -0.39 is 6.04 Å². The van der Waals surface area contributed by atoms with Crippen molar-refractivity contribution in [1.29, 1.82) is 0 Å². The predicted molar refractivity (Wildman–Crippen MR) is 83.4 cm³/mol. The molecule has 0 radical (unpaired) electrons. The molecule has 0 aliphatic carbocycles. The molecular formula is C16H19N3O3. The van der Waals surface area contributed by atoms with Crippen molar-refractivity contribution in [3.05, 3.63) is 42.5 Å². The number of likely N-dealkylation sites (N-methyl/N-ethyl adjacent to an activating group) is 1. The normalized spacial score (nSPS) is 17.8. The van der Waals surface area contributed by atoms with Crippen LogP contribution in [0.5, 0.6) is 0 Å². The van der Waals surface area contributed by atoms with Crippen LogP contribution < -0.4 is 10.6 Å². The van der Waals surface area contributed by atoms with Gasteiger partial charge >= 0.3 is 0 Å². The molecule has 116 valence electrons. The first-order valence-electron chi connectivity index (χ1n) is 7.10. The van der Waals surface area contributed by atoms with Gasteiger partial charge in [-0.1, -0.05) is 12.6 Å².